The molecule has 1 aromatic heterocycles. The Balaban J connectivity index is 1.98. The van der Waals surface area contributed by atoms with Crippen LogP contribution in [0.1, 0.15) is 39.2 Å². The van der Waals surface area contributed by atoms with Crippen LogP contribution in [0.3, 0.4) is 0 Å². The van der Waals surface area contributed by atoms with Gasteiger partial charge in [0.05, 0.1) is 24.3 Å². The highest BCUT2D eigenvalue weighted by atomic mass is 32.1. The van der Waals surface area contributed by atoms with Crippen molar-refractivity contribution in [2.24, 2.45) is 0 Å². The fourth-order valence-corrected chi connectivity index (χ4v) is 4.70. The van der Waals surface area contributed by atoms with Crippen molar-refractivity contribution in [1.29, 1.82) is 0 Å². The first-order valence-corrected chi connectivity index (χ1v) is 8.91. The van der Waals surface area contributed by atoms with Crippen LogP contribution in [-0.4, -0.2) is 18.9 Å². The first-order valence-electron chi connectivity index (χ1n) is 8.03. The molecule has 4 nitrogen and oxygen atoms in total. The molecule has 1 aliphatic heterocycles. The maximum atomic E-state index is 13.1. The van der Waals surface area contributed by atoms with Crippen LogP contribution >= 0.6 is 11.3 Å². The smallest absolute Gasteiger partial charge is 0.336 e. The van der Waals surface area contributed by atoms with E-state index in [9.17, 15) is 9.59 Å². The van der Waals surface area contributed by atoms with Gasteiger partial charge in [0.25, 0.3) is 0 Å². The Hall–Kier alpha value is -2.66. The number of thiophene rings is 1. The summed E-state index contributed by atoms with van der Waals surface area (Å²) in [6.07, 6.45) is 0. The minimum Gasteiger partial charge on any atom is -0.466 e. The lowest BCUT2D eigenvalue weighted by Crippen LogP contribution is -2.28. The Morgan fingerprint density at radius 3 is 2.52 bits per heavy atom. The molecular formula is C20H17NO3S. The number of nitrogens with one attached hydrogen (secondary N) is 1. The first-order chi connectivity index (χ1) is 12.0. The number of carbonyl (C=O) groups is 2. The van der Waals surface area contributed by atoms with Gasteiger partial charge in [0.2, 0.25) is 0 Å². The number of carbonyl (C=O) groups excluding carboxylic acids is 2. The number of dihydropyridines is 1. The second-order valence-electron chi connectivity index (χ2n) is 6.22. The van der Waals surface area contributed by atoms with E-state index in [0.717, 1.165) is 27.4 Å². The van der Waals surface area contributed by atoms with Crippen molar-refractivity contribution in [2.45, 2.75) is 19.8 Å². The molecule has 2 aliphatic rings. The molecule has 1 N–H and O–H groups in total. The molecule has 1 atom stereocenters. The number of Topliss-reactive ketones (excluding diaryl/α,β-unsaturated/α-hetero) is 1. The number of ketones is 1. The summed E-state index contributed by atoms with van der Waals surface area (Å²) in [6.45, 7) is 3.86. The van der Waals surface area contributed by atoms with Crippen LogP contribution in [0.15, 0.2) is 52.6 Å². The summed E-state index contributed by atoms with van der Waals surface area (Å²) in [7, 11) is 1.37. The predicted molar refractivity (Wildman–Crippen MR) is 97.3 cm³/mol. The Morgan fingerprint density at radius 2 is 1.88 bits per heavy atom. The Morgan fingerprint density at radius 1 is 1.16 bits per heavy atom. The molecule has 126 valence electrons. The third-order valence-electron chi connectivity index (χ3n) is 4.82. The van der Waals surface area contributed by atoms with Crippen LogP contribution in [0.2, 0.25) is 0 Å². The topological polar surface area (TPSA) is 55.4 Å². The second kappa shape index (κ2) is 5.70. The number of allylic oxidation sites excluding steroid dienone is 2. The normalized spacial score (nSPS) is 18.8. The van der Waals surface area contributed by atoms with E-state index >= 15 is 0 Å². The predicted octanol–water partition coefficient (Wildman–Crippen LogP) is 3.80. The summed E-state index contributed by atoms with van der Waals surface area (Å²) >= 11 is 1.56. The van der Waals surface area contributed by atoms with E-state index in [-0.39, 0.29) is 5.78 Å². The molecule has 5 heteroatoms. The van der Waals surface area contributed by atoms with Crippen LogP contribution in [0.4, 0.5) is 0 Å². The summed E-state index contributed by atoms with van der Waals surface area (Å²) in [4.78, 5) is 26.7. The van der Waals surface area contributed by atoms with Gasteiger partial charge in [-0.3, -0.25) is 4.79 Å². The van der Waals surface area contributed by atoms with Gasteiger partial charge in [-0.1, -0.05) is 24.3 Å². The molecular weight excluding hydrogens is 334 g/mol. The van der Waals surface area contributed by atoms with Crippen LogP contribution in [0, 0.1) is 6.92 Å². The molecule has 0 saturated carbocycles. The second-order valence-corrected chi connectivity index (χ2v) is 7.17. The first kappa shape index (κ1) is 15.8. The maximum absolute atomic E-state index is 13.1. The summed E-state index contributed by atoms with van der Waals surface area (Å²) in [5, 5.41) is 5.27. The van der Waals surface area contributed by atoms with Crippen molar-refractivity contribution in [1.82, 2.24) is 5.32 Å². The minimum atomic E-state index is -0.405. The van der Waals surface area contributed by atoms with E-state index in [2.05, 4.69) is 5.32 Å². The fraction of sp³-hybridized carbons (Fsp3) is 0.200. The van der Waals surface area contributed by atoms with Crippen molar-refractivity contribution in [3.8, 4) is 0 Å². The molecule has 0 radical (unpaired) electrons. The van der Waals surface area contributed by atoms with E-state index in [4.69, 9.17) is 4.74 Å². The monoisotopic (exact) mass is 351 g/mol. The highest BCUT2D eigenvalue weighted by Gasteiger charge is 2.43. The molecule has 0 amide bonds. The molecule has 0 saturated heterocycles. The molecule has 2 aromatic rings. The van der Waals surface area contributed by atoms with Gasteiger partial charge in [-0.05, 0) is 30.9 Å². The van der Waals surface area contributed by atoms with Crippen LogP contribution in [0.25, 0.3) is 5.70 Å². The number of ether oxygens (including phenoxy) is 1. The average Bonchev–Trinajstić information content (AvgIpc) is 3.16. The van der Waals surface area contributed by atoms with Gasteiger partial charge >= 0.3 is 5.97 Å². The van der Waals surface area contributed by atoms with E-state index < -0.39 is 11.9 Å². The van der Waals surface area contributed by atoms with Gasteiger partial charge in [0, 0.05) is 27.3 Å². The lowest BCUT2D eigenvalue weighted by atomic mass is 9.82. The number of methoxy groups -OCH3 is 1. The number of fused-ring (bicyclic) bond motifs is 2. The lowest BCUT2D eigenvalue weighted by Gasteiger charge is -2.28. The van der Waals surface area contributed by atoms with Crippen LogP contribution < -0.4 is 5.32 Å². The highest BCUT2D eigenvalue weighted by Crippen LogP contribution is 2.48. The number of rotatable bonds is 2. The molecule has 0 unspecified atom stereocenters. The van der Waals surface area contributed by atoms with Crippen molar-refractivity contribution >= 4 is 28.8 Å². The third-order valence-corrected chi connectivity index (χ3v) is 5.90. The largest absolute Gasteiger partial charge is 0.466 e. The highest BCUT2D eigenvalue weighted by molar-refractivity contribution is 7.10. The van der Waals surface area contributed by atoms with E-state index in [0.29, 0.717) is 16.7 Å². The molecule has 0 fully saturated rings. The van der Waals surface area contributed by atoms with Gasteiger partial charge in [-0.2, -0.15) is 0 Å². The molecule has 1 aromatic carbocycles. The Labute approximate surface area is 149 Å². The number of aryl methyl sites for hydroxylation is 1. The maximum Gasteiger partial charge on any atom is 0.336 e. The molecule has 1 aliphatic carbocycles. The van der Waals surface area contributed by atoms with Gasteiger partial charge in [0.15, 0.2) is 5.78 Å². The quantitative estimate of drug-likeness (QED) is 0.836. The summed E-state index contributed by atoms with van der Waals surface area (Å²) in [6, 6.07) is 9.58. The van der Waals surface area contributed by atoms with Crippen LogP contribution in [0.5, 0.6) is 0 Å². The number of hydrogen-bond donors (Lipinski definition) is 1. The van der Waals surface area contributed by atoms with Gasteiger partial charge < -0.3 is 10.1 Å². The van der Waals surface area contributed by atoms with Gasteiger partial charge in [-0.15, -0.1) is 11.3 Å². The van der Waals surface area contributed by atoms with Crippen molar-refractivity contribution in [3.63, 3.8) is 0 Å². The summed E-state index contributed by atoms with van der Waals surface area (Å²) in [5.74, 6) is -0.827. The summed E-state index contributed by atoms with van der Waals surface area (Å²) in [5.41, 5.74) is 5.33. The number of benzene rings is 1. The Kier molecular flexibility index (Phi) is 3.62. The molecule has 0 spiro atoms. The van der Waals surface area contributed by atoms with Crippen molar-refractivity contribution < 1.29 is 14.3 Å². The molecule has 2 heterocycles. The minimum absolute atomic E-state index is 0.0233. The molecule has 0 bridgehead atoms. The average molecular weight is 351 g/mol. The van der Waals surface area contributed by atoms with E-state index in [1.807, 2.05) is 49.6 Å². The van der Waals surface area contributed by atoms with Gasteiger partial charge in [-0.25, -0.2) is 4.79 Å². The van der Waals surface area contributed by atoms with E-state index in [1.54, 1.807) is 11.3 Å². The SMILES string of the molecule is COC(=O)C1=C(C)NC2=C(C(=O)c3ccccc32)[C@H]1c1sccc1C. The lowest BCUT2D eigenvalue weighted by molar-refractivity contribution is -0.136. The zero-order valence-electron chi connectivity index (χ0n) is 14.2. The third kappa shape index (κ3) is 2.19. The van der Waals surface area contributed by atoms with Crippen molar-refractivity contribution in [3.05, 3.63) is 74.1 Å². The number of esters is 1. The van der Waals surface area contributed by atoms with Crippen molar-refractivity contribution in [2.75, 3.05) is 7.11 Å². The molecule has 4 rings (SSSR count). The standard InChI is InChI=1S/C20H17NO3S/c1-10-8-9-25-19(10)15-14(20(23)24-3)11(2)21-17-12-6-4-5-7-13(12)18(22)16(15)17/h4-9,15,21H,1-3H3/t15-/m0/s1. The van der Waals surface area contributed by atoms with Crippen LogP contribution in [-0.2, 0) is 9.53 Å². The zero-order valence-corrected chi connectivity index (χ0v) is 15.0. The number of hydrogen-bond acceptors (Lipinski definition) is 5. The Bertz CT molecular complexity index is 980. The fourth-order valence-electron chi connectivity index (χ4n) is 3.65. The molecule has 25 heavy (non-hydrogen) atoms. The van der Waals surface area contributed by atoms with Gasteiger partial charge in [0.1, 0.15) is 0 Å². The summed E-state index contributed by atoms with van der Waals surface area (Å²) < 4.78 is 5.02. The van der Waals surface area contributed by atoms with E-state index in [1.165, 1.54) is 7.11 Å². The zero-order chi connectivity index (χ0) is 17.7.